The molecule has 0 bridgehead atoms. The fourth-order valence-electron chi connectivity index (χ4n) is 4.08. The Morgan fingerprint density at radius 2 is 1.48 bits per heavy atom. The Hall–Kier alpha value is -1.63. The maximum Gasteiger partial charge on any atom is 0.261 e. The summed E-state index contributed by atoms with van der Waals surface area (Å²) >= 11 is 6.10. The van der Waals surface area contributed by atoms with Crippen molar-refractivity contribution < 1.29 is 44.2 Å². The van der Waals surface area contributed by atoms with E-state index in [4.69, 9.17) is 11.6 Å². The van der Waals surface area contributed by atoms with Crippen molar-refractivity contribution in [1.82, 2.24) is 4.90 Å². The standard InChI is InChI=1S/C21H22ClN3O2.2ClH/c22-16-5-3-6-17(15-16)24-13-11-23(12-14-24)9-4-10-25-20(26)18-7-1-2-8-19(18)21(25)27;;/h1-3,5-8,15H,4,9-14H2;2*1H. The van der Waals surface area contributed by atoms with Crippen LogP contribution in [0.15, 0.2) is 48.5 Å². The summed E-state index contributed by atoms with van der Waals surface area (Å²) in [7, 11) is 0. The van der Waals surface area contributed by atoms with Gasteiger partial charge in [0, 0.05) is 24.1 Å². The van der Waals surface area contributed by atoms with Crippen LogP contribution in [-0.4, -0.2) is 56.0 Å². The lowest BCUT2D eigenvalue weighted by Gasteiger charge is -2.29. The van der Waals surface area contributed by atoms with Crippen LogP contribution in [-0.2, 0) is 0 Å². The van der Waals surface area contributed by atoms with E-state index in [1.165, 1.54) is 20.4 Å². The lowest BCUT2D eigenvalue weighted by molar-refractivity contribution is -0.986. The van der Waals surface area contributed by atoms with E-state index >= 15 is 0 Å². The fraction of sp³-hybridized carbons (Fsp3) is 0.333. The quantitative estimate of drug-likeness (QED) is 0.441. The van der Waals surface area contributed by atoms with Crippen LogP contribution in [0.2, 0.25) is 5.02 Å². The maximum absolute atomic E-state index is 12.4. The summed E-state index contributed by atoms with van der Waals surface area (Å²) in [6, 6.07) is 15.2. The third-order valence-corrected chi connectivity index (χ3v) is 5.82. The van der Waals surface area contributed by atoms with Gasteiger partial charge in [-0.05, 0) is 24.3 Å². The third kappa shape index (κ3) is 5.11. The predicted octanol–water partition coefficient (Wildman–Crippen LogP) is -5.55. The number of carbonyl (C=O) groups excluding carboxylic acids is 2. The Morgan fingerprint density at radius 1 is 0.862 bits per heavy atom. The number of halogens is 3. The minimum atomic E-state index is -0.152. The molecule has 4 rings (SSSR count). The van der Waals surface area contributed by atoms with Crippen molar-refractivity contribution >= 4 is 29.1 Å². The van der Waals surface area contributed by atoms with Crippen molar-refractivity contribution in [2.45, 2.75) is 6.42 Å². The summed E-state index contributed by atoms with van der Waals surface area (Å²) in [6.07, 6.45) is 0.841. The van der Waals surface area contributed by atoms with Gasteiger partial charge in [-0.3, -0.25) is 19.4 Å². The smallest absolute Gasteiger partial charge is 0.261 e. The lowest BCUT2D eigenvalue weighted by Crippen LogP contribution is -3.26. The number of rotatable bonds is 5. The zero-order chi connectivity index (χ0) is 18.8. The number of amides is 2. The molecule has 2 aliphatic heterocycles. The minimum absolute atomic E-state index is 0. The van der Waals surface area contributed by atoms with Crippen molar-refractivity contribution in [3.63, 3.8) is 0 Å². The zero-order valence-corrected chi connectivity index (χ0v) is 18.2. The summed E-state index contributed by atoms with van der Waals surface area (Å²) in [5.74, 6) is -0.304. The highest BCUT2D eigenvalue weighted by Gasteiger charge is 2.35. The van der Waals surface area contributed by atoms with Crippen LogP contribution >= 0.6 is 11.6 Å². The van der Waals surface area contributed by atoms with Gasteiger partial charge < -0.3 is 29.7 Å². The van der Waals surface area contributed by atoms with E-state index in [2.05, 4.69) is 6.07 Å². The van der Waals surface area contributed by atoms with E-state index in [-0.39, 0.29) is 36.6 Å². The second-order valence-corrected chi connectivity index (χ2v) is 7.71. The molecule has 0 saturated carbocycles. The number of quaternary nitrogens is 2. The second kappa shape index (κ2) is 10.4. The number of hydrogen-bond acceptors (Lipinski definition) is 2. The van der Waals surface area contributed by atoms with Gasteiger partial charge in [0.1, 0.15) is 31.9 Å². The minimum Gasteiger partial charge on any atom is -1.00 e. The van der Waals surface area contributed by atoms with Crippen molar-refractivity contribution in [2.24, 2.45) is 0 Å². The zero-order valence-electron chi connectivity index (χ0n) is 16.0. The molecule has 2 heterocycles. The largest absolute Gasteiger partial charge is 1.00 e. The Labute approximate surface area is 188 Å². The van der Waals surface area contributed by atoms with Crippen molar-refractivity contribution in [2.75, 3.05) is 39.3 Å². The molecule has 156 valence electrons. The molecule has 2 aromatic carbocycles. The third-order valence-electron chi connectivity index (χ3n) is 5.58. The number of hydrogen-bond donors (Lipinski definition) is 2. The molecule has 0 radical (unpaired) electrons. The first kappa shape index (κ1) is 23.6. The maximum atomic E-state index is 12.4. The molecular formula is C21H24Cl3N3O2. The molecular weight excluding hydrogens is 433 g/mol. The van der Waals surface area contributed by atoms with Gasteiger partial charge in [-0.2, -0.15) is 0 Å². The van der Waals surface area contributed by atoms with Crippen LogP contribution < -0.4 is 34.6 Å². The molecule has 2 aromatic rings. The highest BCUT2D eigenvalue weighted by atomic mass is 35.5. The molecule has 0 aromatic heterocycles. The van der Waals surface area contributed by atoms with Gasteiger partial charge in [0.05, 0.1) is 17.7 Å². The fourth-order valence-corrected chi connectivity index (χ4v) is 4.27. The first-order valence-corrected chi connectivity index (χ1v) is 9.91. The molecule has 0 aliphatic carbocycles. The molecule has 0 atom stereocenters. The van der Waals surface area contributed by atoms with Crippen LogP contribution in [0, 0.1) is 0 Å². The molecule has 2 N–H and O–H groups in total. The lowest BCUT2D eigenvalue weighted by atomic mass is 10.1. The molecule has 0 unspecified atom stereocenters. The Balaban J connectivity index is 0.00000150. The number of carbonyl (C=O) groups is 2. The van der Waals surface area contributed by atoms with E-state index in [9.17, 15) is 9.59 Å². The average molecular weight is 457 g/mol. The first-order chi connectivity index (χ1) is 13.1. The molecule has 2 aliphatic rings. The topological polar surface area (TPSA) is 46.3 Å². The van der Waals surface area contributed by atoms with Crippen molar-refractivity contribution in [3.05, 3.63) is 64.7 Å². The number of nitrogens with one attached hydrogen (secondary N) is 2. The highest BCUT2D eigenvalue weighted by molar-refractivity contribution is 6.30. The van der Waals surface area contributed by atoms with Gasteiger partial charge in [-0.1, -0.05) is 29.8 Å². The van der Waals surface area contributed by atoms with E-state index in [1.807, 2.05) is 18.2 Å². The molecule has 5 nitrogen and oxygen atoms in total. The van der Waals surface area contributed by atoms with Crippen LogP contribution in [0.1, 0.15) is 27.1 Å². The van der Waals surface area contributed by atoms with Crippen LogP contribution in [0.25, 0.3) is 0 Å². The van der Waals surface area contributed by atoms with Gasteiger partial charge in [-0.25, -0.2) is 0 Å². The van der Waals surface area contributed by atoms with Gasteiger partial charge in [0.15, 0.2) is 0 Å². The van der Waals surface area contributed by atoms with E-state index in [0.717, 1.165) is 44.2 Å². The summed E-state index contributed by atoms with van der Waals surface area (Å²) in [5, 5.41) is 0.788. The summed E-state index contributed by atoms with van der Waals surface area (Å²) in [5.41, 5.74) is 2.33. The number of benzene rings is 2. The Morgan fingerprint density at radius 3 is 2.07 bits per heavy atom. The monoisotopic (exact) mass is 455 g/mol. The van der Waals surface area contributed by atoms with Crippen LogP contribution in [0.4, 0.5) is 5.69 Å². The normalized spacial score (nSPS) is 20.7. The van der Waals surface area contributed by atoms with Gasteiger partial charge >= 0.3 is 0 Å². The van der Waals surface area contributed by atoms with Crippen LogP contribution in [0.3, 0.4) is 0 Å². The molecule has 0 spiro atoms. The van der Waals surface area contributed by atoms with Crippen LogP contribution in [0.5, 0.6) is 0 Å². The predicted molar refractivity (Wildman–Crippen MR) is 104 cm³/mol. The van der Waals surface area contributed by atoms with Gasteiger partial charge in [0.2, 0.25) is 0 Å². The summed E-state index contributed by atoms with van der Waals surface area (Å²) < 4.78 is 0. The molecule has 29 heavy (non-hydrogen) atoms. The van der Waals surface area contributed by atoms with E-state index in [0.29, 0.717) is 17.7 Å². The SMILES string of the molecule is O=C1c2ccccc2C(=O)N1CCC[NH+]1CC[NH+](c2cccc(Cl)c2)CC1.[Cl-].[Cl-]. The van der Waals surface area contributed by atoms with Crippen molar-refractivity contribution in [3.8, 4) is 0 Å². The Kier molecular flexibility index (Phi) is 8.49. The number of imide groups is 1. The van der Waals surface area contributed by atoms with Gasteiger partial charge in [0.25, 0.3) is 11.8 Å². The molecule has 1 fully saturated rings. The number of nitrogens with zero attached hydrogens (tertiary/aromatic N) is 1. The van der Waals surface area contributed by atoms with E-state index in [1.54, 1.807) is 24.3 Å². The first-order valence-electron chi connectivity index (χ1n) is 9.53. The van der Waals surface area contributed by atoms with Crippen molar-refractivity contribution in [1.29, 1.82) is 0 Å². The van der Waals surface area contributed by atoms with E-state index < -0.39 is 0 Å². The number of piperazine rings is 1. The molecule has 2 amide bonds. The van der Waals surface area contributed by atoms with Gasteiger partial charge in [-0.15, -0.1) is 0 Å². The summed E-state index contributed by atoms with van der Waals surface area (Å²) in [6.45, 7) is 5.80. The summed E-state index contributed by atoms with van der Waals surface area (Å²) in [4.78, 5) is 29.2. The molecule has 1 saturated heterocycles. The average Bonchev–Trinajstić information content (AvgIpc) is 2.94. The number of fused-ring (bicyclic) bond motifs is 1. The second-order valence-electron chi connectivity index (χ2n) is 7.27. The highest BCUT2D eigenvalue weighted by Crippen LogP contribution is 2.22. The Bertz CT molecular complexity index is 835. The molecule has 8 heteroatoms.